The predicted octanol–water partition coefficient (Wildman–Crippen LogP) is -2.36. The molecular weight excluding hydrogens is 676 g/mol. The van der Waals surface area contributed by atoms with Crippen molar-refractivity contribution in [3.8, 4) is 17.1 Å². The number of benzene rings is 1. The highest BCUT2D eigenvalue weighted by Crippen LogP contribution is 2.41. The number of fused-ring (bicyclic) bond motifs is 5. The van der Waals surface area contributed by atoms with Crippen molar-refractivity contribution in [3.63, 3.8) is 0 Å². The first-order valence-corrected chi connectivity index (χ1v) is 16.7. The molecule has 0 spiro atoms. The van der Waals surface area contributed by atoms with Crippen LogP contribution in [0.5, 0.6) is 5.75 Å². The van der Waals surface area contributed by atoms with E-state index in [1.807, 2.05) is 6.92 Å². The van der Waals surface area contributed by atoms with E-state index in [2.05, 4.69) is 0 Å². The number of aliphatic hydroxyl groups is 8. The number of hydrogen-bond acceptors (Lipinski definition) is 16. The summed E-state index contributed by atoms with van der Waals surface area (Å²) >= 11 is 0. The lowest BCUT2D eigenvalue weighted by Gasteiger charge is -2.45. The number of nitrogens with zero attached hydrogens (tertiary/aromatic N) is 2. The molecule has 17 heteroatoms. The second-order valence-corrected chi connectivity index (χ2v) is 13.2. The predicted molar refractivity (Wildman–Crippen MR) is 171 cm³/mol. The third-order valence-corrected chi connectivity index (χ3v) is 10.3. The Morgan fingerprint density at radius 3 is 2.29 bits per heavy atom. The van der Waals surface area contributed by atoms with Crippen LogP contribution in [0.15, 0.2) is 29.1 Å². The van der Waals surface area contributed by atoms with Crippen molar-refractivity contribution < 1.29 is 69.3 Å². The number of aryl methyl sites for hydroxylation is 1. The average molecular weight is 717 g/mol. The van der Waals surface area contributed by atoms with Crippen molar-refractivity contribution in [1.29, 1.82) is 0 Å². The van der Waals surface area contributed by atoms with Crippen LogP contribution in [0.2, 0.25) is 0 Å². The SMILES string of the molecule is CCc1c2c(nc3ccc(O[C@@H]4O[C@H](CO)[C@@H](O[C@H]5O[C@H](CO)[C@@H](O)[C@H](O)[C@H]5O)[C@H](O)[C@H]4O)cc13)-c1cc3c(c(=O)n1C2)COC(=O)[C@]3(O)CC. The number of carbonyl (C=O) groups is 1. The number of pyridine rings is 2. The average Bonchev–Trinajstić information content (AvgIpc) is 3.50. The first-order chi connectivity index (χ1) is 24.4. The quantitative estimate of drug-likeness (QED) is 0.0888. The standard InChI is InChI=1S/C34H40N2O15/c1-3-14-15-7-13(48-31-28(43)26(41)29(22(11-38)50-31)51-32-27(42)25(40)24(39)21(10-37)49-32)5-6-19(15)35-23-16(14)9-36-20(23)8-18-17(30(36)44)12-47-33(45)34(18,46)4-2/h5-8,21-22,24-29,31-32,37-43,46H,3-4,9-12H2,1-2H3/t21-,22-,24-,25+,26-,27-,28-,29-,31-,32-,34+/m1/s1. The Balaban J connectivity index is 1.16. The van der Waals surface area contributed by atoms with Gasteiger partial charge in [-0.25, -0.2) is 9.78 Å². The highest BCUT2D eigenvalue weighted by molar-refractivity contribution is 5.90. The Morgan fingerprint density at radius 1 is 0.902 bits per heavy atom. The van der Waals surface area contributed by atoms with Gasteiger partial charge >= 0.3 is 5.97 Å². The van der Waals surface area contributed by atoms with Crippen LogP contribution in [0.3, 0.4) is 0 Å². The summed E-state index contributed by atoms with van der Waals surface area (Å²) in [7, 11) is 0. The van der Waals surface area contributed by atoms with Gasteiger partial charge < -0.3 is 69.1 Å². The number of hydrogen-bond donors (Lipinski definition) is 8. The summed E-state index contributed by atoms with van der Waals surface area (Å²) in [5, 5.41) is 84.1. The molecule has 0 unspecified atom stereocenters. The van der Waals surface area contributed by atoms with Crippen LogP contribution in [0.1, 0.15) is 42.5 Å². The Hall–Kier alpha value is -3.59. The van der Waals surface area contributed by atoms with Gasteiger partial charge in [-0.3, -0.25) is 4.79 Å². The fourth-order valence-electron chi connectivity index (χ4n) is 7.40. The second kappa shape index (κ2) is 13.4. The lowest BCUT2D eigenvalue weighted by molar-refractivity contribution is -0.352. The first-order valence-electron chi connectivity index (χ1n) is 16.7. The molecule has 2 aromatic heterocycles. The molecule has 1 aromatic carbocycles. The van der Waals surface area contributed by atoms with E-state index < -0.39 is 86.2 Å². The van der Waals surface area contributed by atoms with Crippen molar-refractivity contribution in [2.45, 2.75) is 107 Å². The van der Waals surface area contributed by atoms with Crippen LogP contribution in [-0.2, 0) is 48.9 Å². The summed E-state index contributed by atoms with van der Waals surface area (Å²) < 4.78 is 29.4. The van der Waals surface area contributed by atoms with Crippen LogP contribution in [0.4, 0.5) is 0 Å². The Morgan fingerprint density at radius 2 is 1.61 bits per heavy atom. The summed E-state index contributed by atoms with van der Waals surface area (Å²) in [6.07, 6.45) is -15.4. The fraction of sp³-hybridized carbons (Fsp3) is 0.559. The largest absolute Gasteiger partial charge is 0.462 e. The maximum absolute atomic E-state index is 13.6. The zero-order valence-corrected chi connectivity index (χ0v) is 27.7. The van der Waals surface area contributed by atoms with Gasteiger partial charge in [0.25, 0.3) is 5.56 Å². The van der Waals surface area contributed by atoms with Gasteiger partial charge in [-0.05, 0) is 42.7 Å². The molecule has 0 saturated carbocycles. The number of aromatic nitrogens is 2. The van der Waals surface area contributed by atoms with E-state index >= 15 is 0 Å². The summed E-state index contributed by atoms with van der Waals surface area (Å²) in [5.41, 5.74) is 1.26. The monoisotopic (exact) mass is 716 g/mol. The molecule has 3 aromatic rings. The van der Waals surface area contributed by atoms with Gasteiger partial charge in [0.05, 0.1) is 42.2 Å². The van der Waals surface area contributed by atoms with E-state index in [9.17, 15) is 50.4 Å². The van der Waals surface area contributed by atoms with Gasteiger partial charge in [0.1, 0.15) is 61.2 Å². The first kappa shape index (κ1) is 35.8. The number of rotatable bonds is 8. The molecule has 0 bridgehead atoms. The van der Waals surface area contributed by atoms with E-state index in [0.29, 0.717) is 28.7 Å². The maximum atomic E-state index is 13.6. The minimum Gasteiger partial charge on any atom is -0.462 e. The van der Waals surface area contributed by atoms with E-state index in [4.69, 9.17) is 28.7 Å². The highest BCUT2D eigenvalue weighted by atomic mass is 16.7. The summed E-state index contributed by atoms with van der Waals surface area (Å²) in [6, 6.07) is 6.55. The molecule has 7 rings (SSSR count). The van der Waals surface area contributed by atoms with E-state index in [-0.39, 0.29) is 42.0 Å². The molecule has 11 atom stereocenters. The molecule has 2 fully saturated rings. The fourth-order valence-corrected chi connectivity index (χ4v) is 7.40. The number of carbonyl (C=O) groups excluding carboxylic acids is 1. The minimum atomic E-state index is -1.96. The zero-order chi connectivity index (χ0) is 36.5. The summed E-state index contributed by atoms with van der Waals surface area (Å²) in [6.45, 7) is 2.08. The topological polar surface area (TPSA) is 260 Å². The second-order valence-electron chi connectivity index (χ2n) is 13.2. The molecular formula is C34H40N2O15. The lowest BCUT2D eigenvalue weighted by atomic mass is 9.86. The molecule has 8 N–H and O–H groups in total. The van der Waals surface area contributed by atoms with Crippen molar-refractivity contribution in [2.75, 3.05) is 13.2 Å². The van der Waals surface area contributed by atoms with Gasteiger partial charge in [-0.1, -0.05) is 13.8 Å². The van der Waals surface area contributed by atoms with E-state index in [1.165, 1.54) is 0 Å². The Bertz CT molecular complexity index is 1900. The van der Waals surface area contributed by atoms with Crippen molar-refractivity contribution in [1.82, 2.24) is 9.55 Å². The molecule has 0 aliphatic carbocycles. The Kier molecular flexibility index (Phi) is 9.43. The van der Waals surface area contributed by atoms with Crippen molar-refractivity contribution in [2.24, 2.45) is 0 Å². The third-order valence-electron chi connectivity index (χ3n) is 10.3. The van der Waals surface area contributed by atoms with Gasteiger partial charge in [0.2, 0.25) is 6.29 Å². The minimum absolute atomic E-state index is 0.0180. The highest BCUT2D eigenvalue weighted by Gasteiger charge is 2.51. The maximum Gasteiger partial charge on any atom is 0.343 e. The molecule has 2 saturated heterocycles. The summed E-state index contributed by atoms with van der Waals surface area (Å²) in [4.78, 5) is 31.0. The lowest BCUT2D eigenvalue weighted by Crippen LogP contribution is -2.65. The van der Waals surface area contributed by atoms with Gasteiger partial charge in [-0.15, -0.1) is 0 Å². The molecule has 0 amide bonds. The molecule has 17 nitrogen and oxygen atoms in total. The van der Waals surface area contributed by atoms with Crippen molar-refractivity contribution >= 4 is 16.9 Å². The van der Waals surface area contributed by atoms with E-state index in [1.54, 1.807) is 35.8 Å². The third kappa shape index (κ3) is 5.64. The van der Waals surface area contributed by atoms with Gasteiger partial charge in [0.15, 0.2) is 11.9 Å². The van der Waals surface area contributed by atoms with Crippen LogP contribution in [-0.4, -0.2) is 131 Å². The number of ether oxygens (including phenoxy) is 5. The number of cyclic esters (lactones) is 1. The van der Waals surface area contributed by atoms with E-state index in [0.717, 1.165) is 11.1 Å². The molecule has 51 heavy (non-hydrogen) atoms. The Labute approximate surface area is 289 Å². The molecule has 276 valence electrons. The molecule has 0 radical (unpaired) electrons. The van der Waals surface area contributed by atoms with Crippen LogP contribution in [0, 0.1) is 0 Å². The molecule has 4 aliphatic heterocycles. The summed E-state index contributed by atoms with van der Waals surface area (Å²) in [5.74, 6) is -0.595. The van der Waals surface area contributed by atoms with Gasteiger partial charge in [0, 0.05) is 16.5 Å². The smallest absolute Gasteiger partial charge is 0.343 e. The van der Waals surface area contributed by atoms with Gasteiger partial charge in [-0.2, -0.15) is 0 Å². The van der Waals surface area contributed by atoms with Crippen molar-refractivity contribution in [3.05, 3.63) is 56.9 Å². The van der Waals surface area contributed by atoms with Crippen LogP contribution >= 0.6 is 0 Å². The zero-order valence-electron chi connectivity index (χ0n) is 27.7. The number of esters is 1. The normalized spacial score (nSPS) is 34.5. The van der Waals surface area contributed by atoms with Crippen LogP contribution < -0.4 is 10.3 Å². The molecule has 4 aliphatic rings. The molecule has 6 heterocycles. The number of aliphatic hydroxyl groups excluding tert-OH is 7. The van der Waals surface area contributed by atoms with Crippen LogP contribution in [0.25, 0.3) is 22.3 Å².